The molecule has 110 valence electrons. The highest BCUT2D eigenvalue weighted by molar-refractivity contribution is 6.29. The molecule has 0 aliphatic heterocycles. The lowest BCUT2D eigenvalue weighted by Gasteiger charge is -2.19. The van der Waals surface area contributed by atoms with Crippen LogP contribution in [0.15, 0.2) is 12.3 Å². The van der Waals surface area contributed by atoms with Crippen molar-refractivity contribution in [3.63, 3.8) is 0 Å². The Morgan fingerprint density at radius 2 is 2.10 bits per heavy atom. The minimum absolute atomic E-state index is 0.0221. The zero-order chi connectivity index (χ0) is 15.3. The van der Waals surface area contributed by atoms with Gasteiger partial charge in [-0.25, -0.2) is 9.78 Å². The summed E-state index contributed by atoms with van der Waals surface area (Å²) in [5.41, 5.74) is -0.256. The van der Waals surface area contributed by atoms with Crippen LogP contribution in [0.25, 0.3) is 0 Å². The highest BCUT2D eigenvalue weighted by atomic mass is 35.5. The standard InChI is InChI=1S/C12H15ClN2O5/c1-6(16)14-3-2-9(17)11(18)8-5-15-10(13)4-7(8)12(19)20/h4-5,9,11,17-18H,2-3H2,1H3,(H,14,16)(H,19,20). The summed E-state index contributed by atoms with van der Waals surface area (Å²) in [6, 6.07) is 1.10. The molecule has 2 unspecified atom stereocenters. The lowest BCUT2D eigenvalue weighted by atomic mass is 9.99. The van der Waals surface area contributed by atoms with Crippen molar-refractivity contribution in [1.82, 2.24) is 10.3 Å². The van der Waals surface area contributed by atoms with Crippen molar-refractivity contribution in [3.05, 3.63) is 28.5 Å². The Balaban J connectivity index is 2.83. The van der Waals surface area contributed by atoms with Crippen molar-refractivity contribution in [3.8, 4) is 0 Å². The molecule has 8 heteroatoms. The fourth-order valence-corrected chi connectivity index (χ4v) is 1.78. The Labute approximate surface area is 120 Å². The van der Waals surface area contributed by atoms with E-state index < -0.39 is 18.2 Å². The van der Waals surface area contributed by atoms with Crippen LogP contribution < -0.4 is 5.32 Å². The molecule has 0 saturated carbocycles. The predicted molar refractivity (Wildman–Crippen MR) is 70.5 cm³/mol. The van der Waals surface area contributed by atoms with Gasteiger partial charge in [0, 0.05) is 25.2 Å². The van der Waals surface area contributed by atoms with Crippen LogP contribution in [0.3, 0.4) is 0 Å². The third kappa shape index (κ3) is 4.44. The maximum Gasteiger partial charge on any atom is 0.336 e. The van der Waals surface area contributed by atoms with Gasteiger partial charge < -0.3 is 20.6 Å². The smallest absolute Gasteiger partial charge is 0.336 e. The quantitative estimate of drug-likeness (QED) is 0.563. The van der Waals surface area contributed by atoms with Gasteiger partial charge in [0.05, 0.1) is 11.7 Å². The van der Waals surface area contributed by atoms with Crippen molar-refractivity contribution in [1.29, 1.82) is 0 Å². The van der Waals surface area contributed by atoms with Gasteiger partial charge in [-0.05, 0) is 12.5 Å². The lowest BCUT2D eigenvalue weighted by Crippen LogP contribution is -2.28. The highest BCUT2D eigenvalue weighted by Crippen LogP contribution is 2.24. The Hall–Kier alpha value is -1.70. The van der Waals surface area contributed by atoms with Gasteiger partial charge in [0.25, 0.3) is 0 Å². The van der Waals surface area contributed by atoms with Crippen LogP contribution in [-0.4, -0.2) is 44.8 Å². The van der Waals surface area contributed by atoms with Crippen LogP contribution in [0, 0.1) is 0 Å². The number of carboxylic acid groups (broad SMARTS) is 1. The summed E-state index contributed by atoms with van der Waals surface area (Å²) in [4.78, 5) is 25.5. The largest absolute Gasteiger partial charge is 0.478 e. The Morgan fingerprint density at radius 1 is 1.45 bits per heavy atom. The van der Waals surface area contributed by atoms with Crippen LogP contribution in [0.2, 0.25) is 5.15 Å². The van der Waals surface area contributed by atoms with E-state index in [4.69, 9.17) is 16.7 Å². The first-order valence-corrected chi connectivity index (χ1v) is 6.20. The molecule has 0 fully saturated rings. The van der Waals surface area contributed by atoms with Gasteiger partial charge in [0.15, 0.2) is 0 Å². The average molecular weight is 303 g/mol. The third-order valence-corrected chi connectivity index (χ3v) is 2.84. The molecular weight excluding hydrogens is 288 g/mol. The second kappa shape index (κ2) is 7.18. The van der Waals surface area contributed by atoms with Gasteiger partial charge >= 0.3 is 5.97 Å². The fraction of sp³-hybridized carbons (Fsp3) is 0.417. The number of carboxylic acids is 1. The highest BCUT2D eigenvalue weighted by Gasteiger charge is 2.24. The minimum atomic E-state index is -1.43. The zero-order valence-electron chi connectivity index (χ0n) is 10.7. The summed E-state index contributed by atoms with van der Waals surface area (Å²) in [6.07, 6.45) is -1.48. The van der Waals surface area contributed by atoms with E-state index in [0.717, 1.165) is 12.3 Å². The summed E-state index contributed by atoms with van der Waals surface area (Å²) in [6.45, 7) is 1.49. The van der Waals surface area contributed by atoms with E-state index in [1.165, 1.54) is 6.92 Å². The molecule has 7 nitrogen and oxygen atoms in total. The van der Waals surface area contributed by atoms with E-state index in [9.17, 15) is 19.8 Å². The lowest BCUT2D eigenvalue weighted by molar-refractivity contribution is -0.119. The molecule has 4 N–H and O–H groups in total. The number of rotatable bonds is 6. The second-order valence-electron chi connectivity index (χ2n) is 4.18. The number of nitrogens with zero attached hydrogens (tertiary/aromatic N) is 1. The molecule has 0 saturated heterocycles. The Bertz CT molecular complexity index is 509. The number of aliphatic hydroxyl groups excluding tert-OH is 2. The third-order valence-electron chi connectivity index (χ3n) is 2.63. The Kier molecular flexibility index (Phi) is 5.87. The number of hydrogen-bond acceptors (Lipinski definition) is 5. The van der Waals surface area contributed by atoms with Gasteiger partial charge in [-0.15, -0.1) is 0 Å². The van der Waals surface area contributed by atoms with Crippen LogP contribution in [0.4, 0.5) is 0 Å². The van der Waals surface area contributed by atoms with Gasteiger partial charge in [-0.3, -0.25) is 4.79 Å². The van der Waals surface area contributed by atoms with Gasteiger partial charge in [-0.1, -0.05) is 11.6 Å². The number of hydrogen-bond donors (Lipinski definition) is 4. The molecule has 0 aromatic carbocycles. The first-order chi connectivity index (χ1) is 9.32. The SMILES string of the molecule is CC(=O)NCCC(O)C(O)c1cnc(Cl)cc1C(=O)O. The van der Waals surface area contributed by atoms with Gasteiger partial charge in [-0.2, -0.15) is 0 Å². The van der Waals surface area contributed by atoms with E-state index in [0.29, 0.717) is 0 Å². The Morgan fingerprint density at radius 3 is 2.65 bits per heavy atom. The molecule has 0 aliphatic carbocycles. The predicted octanol–water partition coefficient (Wildman–Crippen LogP) is 0.354. The number of aliphatic hydroxyl groups is 2. The molecule has 1 rings (SSSR count). The van der Waals surface area contributed by atoms with Gasteiger partial charge in [0.1, 0.15) is 11.3 Å². The van der Waals surface area contributed by atoms with Crippen molar-refractivity contribution < 1.29 is 24.9 Å². The monoisotopic (exact) mass is 302 g/mol. The normalized spacial score (nSPS) is 13.6. The summed E-state index contributed by atoms with van der Waals surface area (Å²) in [7, 11) is 0. The fourth-order valence-electron chi connectivity index (χ4n) is 1.62. The summed E-state index contributed by atoms with van der Waals surface area (Å²) in [5.74, 6) is -1.54. The molecule has 0 spiro atoms. The molecule has 1 aromatic heterocycles. The van der Waals surface area contributed by atoms with Crippen molar-refractivity contribution in [2.45, 2.75) is 25.6 Å². The maximum absolute atomic E-state index is 11.1. The number of halogens is 1. The molecule has 2 atom stereocenters. The molecule has 1 aromatic rings. The number of aromatic nitrogens is 1. The first kappa shape index (κ1) is 16.4. The summed E-state index contributed by atoms with van der Waals surface area (Å²) in [5, 5.41) is 31.2. The van der Waals surface area contributed by atoms with Crippen molar-refractivity contribution in [2.24, 2.45) is 0 Å². The molecule has 0 bridgehead atoms. The molecule has 0 aliphatic rings. The molecular formula is C12H15ClN2O5. The summed E-state index contributed by atoms with van der Waals surface area (Å²) >= 11 is 5.60. The van der Waals surface area contributed by atoms with E-state index in [1.54, 1.807) is 0 Å². The van der Waals surface area contributed by atoms with E-state index in [1.807, 2.05) is 0 Å². The van der Waals surface area contributed by atoms with Crippen LogP contribution >= 0.6 is 11.6 Å². The zero-order valence-corrected chi connectivity index (χ0v) is 11.5. The number of aromatic carboxylic acids is 1. The van der Waals surface area contributed by atoms with Crippen molar-refractivity contribution in [2.75, 3.05) is 6.54 Å². The summed E-state index contributed by atoms with van der Waals surface area (Å²) < 4.78 is 0. The number of nitrogens with one attached hydrogen (secondary N) is 1. The van der Waals surface area contributed by atoms with Crippen LogP contribution in [0.1, 0.15) is 35.4 Å². The molecule has 20 heavy (non-hydrogen) atoms. The number of carbonyl (C=O) groups is 2. The maximum atomic E-state index is 11.1. The second-order valence-corrected chi connectivity index (χ2v) is 4.57. The number of pyridine rings is 1. The number of amides is 1. The number of carbonyl (C=O) groups excluding carboxylic acids is 1. The molecule has 1 heterocycles. The van der Waals surface area contributed by atoms with E-state index in [2.05, 4.69) is 10.3 Å². The van der Waals surface area contributed by atoms with Gasteiger partial charge in [0.2, 0.25) is 5.91 Å². The first-order valence-electron chi connectivity index (χ1n) is 5.82. The minimum Gasteiger partial charge on any atom is -0.478 e. The van der Waals surface area contributed by atoms with Crippen LogP contribution in [-0.2, 0) is 4.79 Å². The average Bonchev–Trinajstić information content (AvgIpc) is 2.37. The van der Waals surface area contributed by atoms with Crippen molar-refractivity contribution >= 4 is 23.5 Å². The van der Waals surface area contributed by atoms with E-state index >= 15 is 0 Å². The van der Waals surface area contributed by atoms with E-state index in [-0.39, 0.29) is 35.2 Å². The topological polar surface area (TPSA) is 120 Å². The molecule has 0 radical (unpaired) electrons. The molecule has 1 amide bonds. The van der Waals surface area contributed by atoms with Crippen LogP contribution in [0.5, 0.6) is 0 Å².